The molecule has 0 aromatic heterocycles. The van der Waals surface area contributed by atoms with Gasteiger partial charge in [0, 0.05) is 17.3 Å². The molecule has 2 nitrogen and oxygen atoms in total. The van der Waals surface area contributed by atoms with E-state index in [4.69, 9.17) is 4.74 Å². The molecule has 1 saturated carbocycles. The lowest BCUT2D eigenvalue weighted by molar-refractivity contribution is 0.0730. The van der Waals surface area contributed by atoms with Crippen LogP contribution in [0.5, 0.6) is 0 Å². The van der Waals surface area contributed by atoms with Crippen molar-refractivity contribution in [2.45, 2.75) is 55.0 Å². The summed E-state index contributed by atoms with van der Waals surface area (Å²) in [5, 5.41) is 10.1. The Hall–Kier alpha value is -0.510. The quantitative estimate of drug-likeness (QED) is 0.899. The number of aliphatic hydroxyl groups is 1. The summed E-state index contributed by atoms with van der Waals surface area (Å²) in [6.07, 6.45) is 4.96. The van der Waals surface area contributed by atoms with E-state index in [1.165, 1.54) is 24.2 Å². The maximum Gasteiger partial charge on any atom is 0.0761 e. The van der Waals surface area contributed by atoms with Gasteiger partial charge in [0.25, 0.3) is 0 Å². The predicted molar refractivity (Wildman–Crippen MR) is 76.0 cm³/mol. The third kappa shape index (κ3) is 3.74. The normalized spacial score (nSPS) is 25.9. The van der Waals surface area contributed by atoms with Crippen molar-refractivity contribution in [1.29, 1.82) is 0 Å². The monoisotopic (exact) mass is 266 g/mol. The van der Waals surface area contributed by atoms with Gasteiger partial charge in [0.15, 0.2) is 0 Å². The molecule has 1 aromatic carbocycles. The second kappa shape index (κ2) is 6.60. The molecule has 1 aromatic rings. The van der Waals surface area contributed by atoms with Gasteiger partial charge in [-0.25, -0.2) is 0 Å². The SMILES string of the molecule is COC1CCCC(Sc2ccc(C(C)O)cc2)C1. The Bertz CT molecular complexity index is 361. The first-order valence-electron chi connectivity index (χ1n) is 6.66. The summed E-state index contributed by atoms with van der Waals surface area (Å²) in [5.41, 5.74) is 0.984. The summed E-state index contributed by atoms with van der Waals surface area (Å²) in [6.45, 7) is 1.80. The van der Waals surface area contributed by atoms with Crippen molar-refractivity contribution in [3.05, 3.63) is 29.8 Å². The number of hydrogen-bond acceptors (Lipinski definition) is 3. The van der Waals surface area contributed by atoms with E-state index in [0.717, 1.165) is 12.0 Å². The van der Waals surface area contributed by atoms with E-state index < -0.39 is 0 Å². The lowest BCUT2D eigenvalue weighted by atomic mass is 9.97. The van der Waals surface area contributed by atoms with Gasteiger partial charge in [-0.2, -0.15) is 0 Å². The van der Waals surface area contributed by atoms with Crippen LogP contribution in [0.2, 0.25) is 0 Å². The molecular formula is C15H22O2S. The highest BCUT2D eigenvalue weighted by Crippen LogP contribution is 2.34. The van der Waals surface area contributed by atoms with E-state index in [9.17, 15) is 5.11 Å². The van der Waals surface area contributed by atoms with Gasteiger partial charge in [-0.3, -0.25) is 0 Å². The number of rotatable bonds is 4. The fourth-order valence-corrected chi connectivity index (χ4v) is 3.71. The Balaban J connectivity index is 1.92. The molecular weight excluding hydrogens is 244 g/mol. The van der Waals surface area contributed by atoms with Crippen LogP contribution in [-0.2, 0) is 4.74 Å². The van der Waals surface area contributed by atoms with Crippen LogP contribution in [0.4, 0.5) is 0 Å². The smallest absolute Gasteiger partial charge is 0.0761 e. The zero-order valence-electron chi connectivity index (χ0n) is 11.1. The molecule has 1 N–H and O–H groups in total. The molecule has 100 valence electrons. The largest absolute Gasteiger partial charge is 0.389 e. The van der Waals surface area contributed by atoms with Crippen molar-refractivity contribution in [3.8, 4) is 0 Å². The molecule has 0 heterocycles. The highest BCUT2D eigenvalue weighted by Gasteiger charge is 2.22. The van der Waals surface area contributed by atoms with Crippen molar-refractivity contribution in [3.63, 3.8) is 0 Å². The Morgan fingerprint density at radius 1 is 1.28 bits per heavy atom. The molecule has 1 aliphatic carbocycles. The number of benzene rings is 1. The maximum atomic E-state index is 9.48. The molecule has 2 rings (SSSR count). The fourth-order valence-electron chi connectivity index (χ4n) is 2.44. The predicted octanol–water partition coefficient (Wildman–Crippen LogP) is 3.79. The molecule has 3 atom stereocenters. The molecule has 0 radical (unpaired) electrons. The standard InChI is InChI=1S/C15H22O2S/c1-11(16)12-6-8-14(9-7-12)18-15-5-3-4-13(10-15)17-2/h6-9,11,13,15-16H,3-5,10H2,1-2H3. The summed E-state index contributed by atoms with van der Waals surface area (Å²) in [4.78, 5) is 1.29. The molecule has 0 saturated heterocycles. The first-order valence-corrected chi connectivity index (χ1v) is 7.54. The van der Waals surface area contributed by atoms with Gasteiger partial charge >= 0.3 is 0 Å². The number of ether oxygens (including phenoxy) is 1. The first-order chi connectivity index (χ1) is 8.69. The second-order valence-electron chi connectivity index (χ2n) is 5.01. The van der Waals surface area contributed by atoms with Crippen LogP contribution in [0.1, 0.15) is 44.3 Å². The van der Waals surface area contributed by atoms with Crippen molar-refractivity contribution >= 4 is 11.8 Å². The van der Waals surface area contributed by atoms with Gasteiger partial charge in [0.05, 0.1) is 12.2 Å². The lowest BCUT2D eigenvalue weighted by Gasteiger charge is -2.27. The van der Waals surface area contributed by atoms with Crippen LogP contribution in [0, 0.1) is 0 Å². The van der Waals surface area contributed by atoms with Crippen LogP contribution in [0.15, 0.2) is 29.2 Å². The number of aliphatic hydroxyl groups excluding tert-OH is 1. The third-order valence-corrected chi connectivity index (χ3v) is 4.88. The summed E-state index contributed by atoms with van der Waals surface area (Å²) in [6, 6.07) is 8.26. The Morgan fingerprint density at radius 3 is 2.61 bits per heavy atom. The fraction of sp³-hybridized carbons (Fsp3) is 0.600. The molecule has 18 heavy (non-hydrogen) atoms. The van der Waals surface area contributed by atoms with Crippen LogP contribution in [-0.4, -0.2) is 23.6 Å². The minimum absolute atomic E-state index is 0.378. The number of hydrogen-bond donors (Lipinski definition) is 1. The molecule has 1 aliphatic rings. The molecule has 3 unspecified atom stereocenters. The van der Waals surface area contributed by atoms with Crippen LogP contribution < -0.4 is 0 Å². The number of methoxy groups -OCH3 is 1. The molecule has 3 heteroatoms. The van der Waals surface area contributed by atoms with Crippen LogP contribution >= 0.6 is 11.8 Å². The van der Waals surface area contributed by atoms with E-state index in [2.05, 4.69) is 12.1 Å². The van der Waals surface area contributed by atoms with Gasteiger partial charge in [0.1, 0.15) is 0 Å². The highest BCUT2D eigenvalue weighted by molar-refractivity contribution is 8.00. The van der Waals surface area contributed by atoms with Crippen molar-refractivity contribution in [2.24, 2.45) is 0 Å². The first kappa shape index (κ1) is 13.9. The molecule has 0 amide bonds. The highest BCUT2D eigenvalue weighted by atomic mass is 32.2. The van der Waals surface area contributed by atoms with E-state index in [0.29, 0.717) is 11.4 Å². The van der Waals surface area contributed by atoms with Gasteiger partial charge in [-0.15, -0.1) is 11.8 Å². The Kier molecular flexibility index (Phi) is 5.10. The van der Waals surface area contributed by atoms with Gasteiger partial charge in [-0.1, -0.05) is 12.1 Å². The summed E-state index contributed by atoms with van der Waals surface area (Å²) < 4.78 is 5.46. The second-order valence-corrected chi connectivity index (χ2v) is 6.38. The molecule has 0 aliphatic heterocycles. The lowest BCUT2D eigenvalue weighted by Crippen LogP contribution is -2.23. The van der Waals surface area contributed by atoms with Crippen molar-refractivity contribution in [1.82, 2.24) is 0 Å². The Morgan fingerprint density at radius 2 is 2.00 bits per heavy atom. The average molecular weight is 266 g/mol. The van der Waals surface area contributed by atoms with Crippen molar-refractivity contribution in [2.75, 3.05) is 7.11 Å². The van der Waals surface area contributed by atoms with E-state index in [1.807, 2.05) is 31.0 Å². The van der Waals surface area contributed by atoms with Crippen LogP contribution in [0.3, 0.4) is 0 Å². The zero-order valence-corrected chi connectivity index (χ0v) is 12.0. The van der Waals surface area contributed by atoms with Crippen LogP contribution in [0.25, 0.3) is 0 Å². The topological polar surface area (TPSA) is 29.5 Å². The van der Waals surface area contributed by atoms with E-state index >= 15 is 0 Å². The van der Waals surface area contributed by atoms with Gasteiger partial charge < -0.3 is 9.84 Å². The maximum absolute atomic E-state index is 9.48. The summed E-state index contributed by atoms with van der Waals surface area (Å²) >= 11 is 1.94. The molecule has 0 spiro atoms. The van der Waals surface area contributed by atoms with Crippen molar-refractivity contribution < 1.29 is 9.84 Å². The summed E-state index contributed by atoms with van der Waals surface area (Å²) in [5.74, 6) is 0. The zero-order chi connectivity index (χ0) is 13.0. The van der Waals surface area contributed by atoms with E-state index in [-0.39, 0.29) is 6.10 Å². The Labute approximate surface area is 114 Å². The molecule has 1 fully saturated rings. The van der Waals surface area contributed by atoms with Gasteiger partial charge in [-0.05, 0) is 50.3 Å². The minimum atomic E-state index is -0.378. The third-order valence-electron chi connectivity index (χ3n) is 3.58. The number of thioether (sulfide) groups is 1. The van der Waals surface area contributed by atoms with E-state index in [1.54, 1.807) is 6.92 Å². The molecule has 0 bridgehead atoms. The average Bonchev–Trinajstić information content (AvgIpc) is 2.39. The minimum Gasteiger partial charge on any atom is -0.389 e. The van der Waals surface area contributed by atoms with Gasteiger partial charge in [0.2, 0.25) is 0 Å². The summed E-state index contributed by atoms with van der Waals surface area (Å²) in [7, 11) is 1.81.